The third-order valence-corrected chi connectivity index (χ3v) is 4.72. The van der Waals surface area contributed by atoms with Gasteiger partial charge in [0.1, 0.15) is 6.10 Å². The van der Waals surface area contributed by atoms with Crippen LogP contribution in [0.1, 0.15) is 27.7 Å². The highest BCUT2D eigenvalue weighted by molar-refractivity contribution is 5.94. The third-order valence-electron chi connectivity index (χ3n) is 4.72. The molecule has 132 valence electrons. The van der Waals surface area contributed by atoms with E-state index in [-0.39, 0.29) is 12.0 Å². The summed E-state index contributed by atoms with van der Waals surface area (Å²) in [6, 6.07) is 19.6. The van der Waals surface area contributed by atoms with Crippen molar-refractivity contribution in [1.82, 2.24) is 14.7 Å². The number of carbonyl (C=O) groups excluding carboxylic acids is 1. The van der Waals surface area contributed by atoms with Gasteiger partial charge in [0.15, 0.2) is 0 Å². The van der Waals surface area contributed by atoms with Crippen molar-refractivity contribution in [1.29, 1.82) is 0 Å². The van der Waals surface area contributed by atoms with Gasteiger partial charge in [-0.05, 0) is 42.8 Å². The molecule has 3 aromatic rings. The Hall–Kier alpha value is -2.92. The van der Waals surface area contributed by atoms with Gasteiger partial charge in [-0.15, -0.1) is 0 Å². The fraction of sp³-hybridized carbons (Fsp3) is 0.238. The molecule has 0 saturated carbocycles. The van der Waals surface area contributed by atoms with Crippen LogP contribution in [0, 0.1) is 6.92 Å². The van der Waals surface area contributed by atoms with Crippen molar-refractivity contribution in [3.05, 3.63) is 83.7 Å². The van der Waals surface area contributed by atoms with Crippen LogP contribution in [0.5, 0.6) is 0 Å². The molecule has 1 saturated heterocycles. The van der Waals surface area contributed by atoms with Crippen LogP contribution in [0.25, 0.3) is 5.69 Å². The zero-order valence-corrected chi connectivity index (χ0v) is 14.7. The minimum absolute atomic E-state index is 0.0398. The van der Waals surface area contributed by atoms with Crippen LogP contribution >= 0.6 is 0 Å². The number of hydrogen-bond acceptors (Lipinski definition) is 3. The maximum Gasteiger partial charge on any atom is 0.254 e. The third kappa shape index (κ3) is 3.26. The summed E-state index contributed by atoms with van der Waals surface area (Å²) < 4.78 is 7.71. The molecule has 0 radical (unpaired) electrons. The lowest BCUT2D eigenvalue weighted by atomic mass is 10.1. The molecule has 1 aliphatic rings. The largest absolute Gasteiger partial charge is 0.370 e. The normalized spacial score (nSPS) is 17.3. The van der Waals surface area contributed by atoms with Crippen molar-refractivity contribution in [3.8, 4) is 5.69 Å². The summed E-state index contributed by atoms with van der Waals surface area (Å²) in [6.07, 6.45) is 1.70. The Kier molecular flexibility index (Phi) is 4.54. The predicted octanol–water partition coefficient (Wildman–Crippen LogP) is 3.39. The highest BCUT2D eigenvalue weighted by Gasteiger charge is 2.26. The Morgan fingerprint density at radius 1 is 1.08 bits per heavy atom. The smallest absolute Gasteiger partial charge is 0.254 e. The number of benzene rings is 2. The molecule has 5 nitrogen and oxygen atoms in total. The predicted molar refractivity (Wildman–Crippen MR) is 99.3 cm³/mol. The molecule has 2 aromatic carbocycles. The number of aromatic nitrogens is 2. The molecule has 1 amide bonds. The van der Waals surface area contributed by atoms with Crippen molar-refractivity contribution >= 4 is 5.91 Å². The van der Waals surface area contributed by atoms with Crippen LogP contribution in [0.4, 0.5) is 0 Å². The number of amides is 1. The number of rotatable bonds is 3. The second-order valence-corrected chi connectivity index (χ2v) is 6.45. The summed E-state index contributed by atoms with van der Waals surface area (Å²) >= 11 is 0. The van der Waals surface area contributed by atoms with Crippen molar-refractivity contribution in [2.75, 3.05) is 19.7 Å². The SMILES string of the molecule is Cc1ccnn1-c1ccc(C(=O)N2CCO[C@@H](c3ccccc3)C2)cc1. The van der Waals surface area contributed by atoms with Crippen LogP contribution in [0.3, 0.4) is 0 Å². The number of aryl methyl sites for hydroxylation is 1. The molecule has 2 heterocycles. The molecule has 1 atom stereocenters. The van der Waals surface area contributed by atoms with E-state index in [9.17, 15) is 4.79 Å². The molecule has 26 heavy (non-hydrogen) atoms. The van der Waals surface area contributed by atoms with Crippen LogP contribution in [0.15, 0.2) is 66.9 Å². The standard InChI is InChI=1S/C21H21N3O2/c1-16-11-12-22-24(16)19-9-7-18(8-10-19)21(25)23-13-14-26-20(15-23)17-5-3-2-4-6-17/h2-12,20H,13-15H2,1H3/t20-/m1/s1. The monoisotopic (exact) mass is 347 g/mol. The molecular formula is C21H21N3O2. The van der Waals surface area contributed by atoms with E-state index < -0.39 is 0 Å². The first kappa shape index (κ1) is 16.5. The van der Waals surface area contributed by atoms with Gasteiger partial charge < -0.3 is 9.64 Å². The summed E-state index contributed by atoms with van der Waals surface area (Å²) in [5.74, 6) is 0.0398. The fourth-order valence-corrected chi connectivity index (χ4v) is 3.27. The lowest BCUT2D eigenvalue weighted by Gasteiger charge is -2.33. The number of carbonyl (C=O) groups is 1. The van der Waals surface area contributed by atoms with E-state index >= 15 is 0 Å². The fourth-order valence-electron chi connectivity index (χ4n) is 3.27. The Morgan fingerprint density at radius 3 is 2.54 bits per heavy atom. The van der Waals surface area contributed by atoms with E-state index in [1.54, 1.807) is 6.20 Å². The molecule has 0 unspecified atom stereocenters. The molecule has 1 fully saturated rings. The highest BCUT2D eigenvalue weighted by Crippen LogP contribution is 2.23. The van der Waals surface area contributed by atoms with E-state index in [2.05, 4.69) is 5.10 Å². The first-order chi connectivity index (χ1) is 12.7. The van der Waals surface area contributed by atoms with Gasteiger partial charge >= 0.3 is 0 Å². The topological polar surface area (TPSA) is 47.4 Å². The van der Waals surface area contributed by atoms with E-state index in [0.717, 1.165) is 16.9 Å². The highest BCUT2D eigenvalue weighted by atomic mass is 16.5. The van der Waals surface area contributed by atoms with Gasteiger partial charge in [0.2, 0.25) is 0 Å². The Labute approximate surface area is 152 Å². The quantitative estimate of drug-likeness (QED) is 0.730. The first-order valence-electron chi connectivity index (χ1n) is 8.79. The van der Waals surface area contributed by atoms with Crippen molar-refractivity contribution < 1.29 is 9.53 Å². The van der Waals surface area contributed by atoms with E-state index in [1.807, 2.05) is 77.2 Å². The molecule has 5 heteroatoms. The van der Waals surface area contributed by atoms with Gasteiger partial charge in [0.25, 0.3) is 5.91 Å². The van der Waals surface area contributed by atoms with Crippen LogP contribution in [-0.4, -0.2) is 40.3 Å². The minimum atomic E-state index is -0.0695. The van der Waals surface area contributed by atoms with Gasteiger partial charge in [-0.1, -0.05) is 30.3 Å². The van der Waals surface area contributed by atoms with Crippen molar-refractivity contribution in [3.63, 3.8) is 0 Å². The summed E-state index contributed by atoms with van der Waals surface area (Å²) in [5, 5.41) is 4.30. The minimum Gasteiger partial charge on any atom is -0.370 e. The molecule has 4 rings (SSSR count). The summed E-state index contributed by atoms with van der Waals surface area (Å²) in [5.41, 5.74) is 3.80. The van der Waals surface area contributed by atoms with Gasteiger partial charge in [0.05, 0.1) is 18.8 Å². The lowest BCUT2D eigenvalue weighted by Crippen LogP contribution is -2.42. The molecule has 0 spiro atoms. The first-order valence-corrected chi connectivity index (χ1v) is 8.79. The van der Waals surface area contributed by atoms with E-state index in [4.69, 9.17) is 4.74 Å². The zero-order chi connectivity index (χ0) is 17.9. The summed E-state index contributed by atoms with van der Waals surface area (Å²) in [4.78, 5) is 14.8. The second kappa shape index (κ2) is 7.14. The summed E-state index contributed by atoms with van der Waals surface area (Å²) in [6.45, 7) is 3.74. The molecular weight excluding hydrogens is 326 g/mol. The van der Waals surface area contributed by atoms with E-state index in [1.165, 1.54) is 0 Å². The lowest BCUT2D eigenvalue weighted by molar-refractivity contribution is -0.0228. The van der Waals surface area contributed by atoms with Crippen molar-refractivity contribution in [2.24, 2.45) is 0 Å². The average molecular weight is 347 g/mol. The summed E-state index contributed by atoms with van der Waals surface area (Å²) in [7, 11) is 0. The van der Waals surface area contributed by atoms with Gasteiger partial charge in [-0.3, -0.25) is 4.79 Å². The van der Waals surface area contributed by atoms with Gasteiger partial charge in [0, 0.05) is 24.0 Å². The molecule has 0 aliphatic carbocycles. The van der Waals surface area contributed by atoms with Gasteiger partial charge in [-0.2, -0.15) is 5.10 Å². The van der Waals surface area contributed by atoms with E-state index in [0.29, 0.717) is 25.3 Å². The maximum atomic E-state index is 12.9. The number of nitrogens with zero attached hydrogens (tertiary/aromatic N) is 3. The number of hydrogen-bond donors (Lipinski definition) is 0. The maximum absolute atomic E-state index is 12.9. The molecule has 1 aromatic heterocycles. The Morgan fingerprint density at radius 2 is 1.85 bits per heavy atom. The number of morpholine rings is 1. The second-order valence-electron chi connectivity index (χ2n) is 6.45. The Bertz CT molecular complexity index is 887. The van der Waals surface area contributed by atoms with Crippen LogP contribution in [0.2, 0.25) is 0 Å². The zero-order valence-electron chi connectivity index (χ0n) is 14.7. The van der Waals surface area contributed by atoms with Crippen LogP contribution in [-0.2, 0) is 4.74 Å². The average Bonchev–Trinajstić information content (AvgIpc) is 3.14. The van der Waals surface area contributed by atoms with Gasteiger partial charge in [-0.25, -0.2) is 4.68 Å². The molecule has 0 bridgehead atoms. The molecule has 1 aliphatic heterocycles. The Balaban J connectivity index is 1.49. The van der Waals surface area contributed by atoms with Crippen molar-refractivity contribution in [2.45, 2.75) is 13.0 Å². The van der Waals surface area contributed by atoms with Crippen LogP contribution < -0.4 is 0 Å². The number of ether oxygens (including phenoxy) is 1. The molecule has 0 N–H and O–H groups in total.